The predicted molar refractivity (Wildman–Crippen MR) is 108 cm³/mol. The zero-order valence-corrected chi connectivity index (χ0v) is 17.9. The maximum Gasteiger partial charge on any atom is 0.0615 e. The van der Waals surface area contributed by atoms with E-state index in [1.807, 2.05) is 0 Å². The fourth-order valence-corrected chi connectivity index (χ4v) is 7.59. The number of aliphatic hydroxyl groups is 4. The van der Waals surface area contributed by atoms with E-state index < -0.39 is 0 Å². The van der Waals surface area contributed by atoms with Gasteiger partial charge in [-0.3, -0.25) is 0 Å². The zero-order valence-electron chi connectivity index (χ0n) is 11.4. The Bertz CT molecular complexity index is 452. The van der Waals surface area contributed by atoms with Crippen LogP contribution in [0.5, 0.6) is 0 Å². The molecule has 0 fully saturated rings. The third-order valence-corrected chi connectivity index (χ3v) is 6.74. The standard InChI is InChI=1S/C13H18I3NO4/c1-17-13-11(15)8(6(2-18)3-19)10(14)9(12(13)16)7(4-20)5-21/h6-7,17-21H,2-5H2,1H3. The van der Waals surface area contributed by atoms with Crippen molar-refractivity contribution in [3.05, 3.63) is 21.8 Å². The third kappa shape index (κ3) is 4.12. The fourth-order valence-electron chi connectivity index (χ4n) is 2.12. The summed E-state index contributed by atoms with van der Waals surface area (Å²) in [6.07, 6.45) is 0. The Balaban J connectivity index is 3.69. The molecule has 0 atom stereocenters. The van der Waals surface area contributed by atoms with Crippen molar-refractivity contribution >= 4 is 73.5 Å². The normalized spacial score (nSPS) is 11.5. The molecule has 0 saturated carbocycles. The number of rotatable bonds is 7. The molecule has 21 heavy (non-hydrogen) atoms. The van der Waals surface area contributed by atoms with Gasteiger partial charge in [-0.2, -0.15) is 0 Å². The highest BCUT2D eigenvalue weighted by Crippen LogP contribution is 2.41. The Labute approximate surface area is 164 Å². The van der Waals surface area contributed by atoms with Gasteiger partial charge in [-0.15, -0.1) is 0 Å². The number of anilines is 1. The van der Waals surface area contributed by atoms with Crippen molar-refractivity contribution in [1.82, 2.24) is 0 Å². The zero-order chi connectivity index (χ0) is 16.2. The summed E-state index contributed by atoms with van der Waals surface area (Å²) in [6, 6.07) is 0. The molecule has 0 aliphatic heterocycles. The number of hydrogen-bond donors (Lipinski definition) is 5. The molecule has 0 radical (unpaired) electrons. The molecule has 0 spiro atoms. The van der Waals surface area contributed by atoms with Crippen LogP contribution in [0.1, 0.15) is 23.0 Å². The smallest absolute Gasteiger partial charge is 0.0615 e. The first-order valence-corrected chi connectivity index (χ1v) is 9.53. The summed E-state index contributed by atoms with van der Waals surface area (Å²) in [7, 11) is 1.81. The minimum atomic E-state index is -0.385. The van der Waals surface area contributed by atoms with Gasteiger partial charge in [-0.1, -0.05) is 0 Å². The minimum absolute atomic E-state index is 0.158. The van der Waals surface area contributed by atoms with Crippen molar-refractivity contribution in [2.24, 2.45) is 0 Å². The van der Waals surface area contributed by atoms with Crippen LogP contribution in [0, 0.1) is 10.7 Å². The summed E-state index contributed by atoms with van der Waals surface area (Å²) >= 11 is 6.57. The number of aliphatic hydroxyl groups excluding tert-OH is 4. The second-order valence-electron chi connectivity index (χ2n) is 4.52. The molecule has 1 aromatic rings. The lowest BCUT2D eigenvalue weighted by molar-refractivity contribution is 0.188. The SMILES string of the molecule is CNc1c(I)c(C(CO)CO)c(I)c(C(CO)CO)c1I. The second kappa shape index (κ2) is 9.37. The van der Waals surface area contributed by atoms with Crippen LogP contribution in [-0.2, 0) is 0 Å². The van der Waals surface area contributed by atoms with E-state index in [0.717, 1.165) is 27.5 Å². The van der Waals surface area contributed by atoms with Gasteiger partial charge >= 0.3 is 0 Å². The Hall–Kier alpha value is 1.05. The van der Waals surface area contributed by atoms with Gasteiger partial charge in [-0.05, 0) is 78.9 Å². The van der Waals surface area contributed by atoms with E-state index in [1.165, 1.54) is 0 Å². The molecule has 0 heterocycles. The molecular weight excluding hydrogens is 615 g/mol. The van der Waals surface area contributed by atoms with Crippen LogP contribution in [0.25, 0.3) is 0 Å². The van der Waals surface area contributed by atoms with E-state index in [0.29, 0.717) is 0 Å². The maximum absolute atomic E-state index is 9.52. The number of halogens is 3. The number of benzene rings is 1. The van der Waals surface area contributed by atoms with Gasteiger partial charge in [-0.25, -0.2) is 0 Å². The van der Waals surface area contributed by atoms with Crippen LogP contribution in [-0.4, -0.2) is 53.9 Å². The van der Waals surface area contributed by atoms with Crippen LogP contribution >= 0.6 is 67.8 Å². The van der Waals surface area contributed by atoms with Gasteiger partial charge in [0.05, 0.1) is 32.1 Å². The fraction of sp³-hybridized carbons (Fsp3) is 0.538. The average Bonchev–Trinajstić information content (AvgIpc) is 2.48. The third-order valence-electron chi connectivity index (χ3n) is 3.33. The summed E-state index contributed by atoms with van der Waals surface area (Å²) in [5, 5.41) is 41.2. The van der Waals surface area contributed by atoms with E-state index in [9.17, 15) is 20.4 Å². The van der Waals surface area contributed by atoms with E-state index in [2.05, 4.69) is 73.1 Å². The molecule has 0 aliphatic rings. The highest BCUT2D eigenvalue weighted by Gasteiger charge is 2.27. The van der Waals surface area contributed by atoms with Gasteiger partial charge in [0.25, 0.3) is 0 Å². The molecule has 5 N–H and O–H groups in total. The van der Waals surface area contributed by atoms with Crippen molar-refractivity contribution in [2.45, 2.75) is 11.8 Å². The molecule has 0 saturated heterocycles. The summed E-state index contributed by atoms with van der Waals surface area (Å²) in [5.74, 6) is -0.769. The van der Waals surface area contributed by atoms with Crippen LogP contribution in [0.4, 0.5) is 5.69 Å². The van der Waals surface area contributed by atoms with Crippen LogP contribution in [0.2, 0.25) is 0 Å². The Morgan fingerprint density at radius 2 is 1.10 bits per heavy atom. The van der Waals surface area contributed by atoms with Crippen molar-refractivity contribution in [3.8, 4) is 0 Å². The molecule has 120 valence electrons. The largest absolute Gasteiger partial charge is 0.396 e. The highest BCUT2D eigenvalue weighted by atomic mass is 127. The summed E-state index contributed by atoms with van der Waals surface area (Å²) in [4.78, 5) is 0. The minimum Gasteiger partial charge on any atom is -0.396 e. The van der Waals surface area contributed by atoms with Gasteiger partial charge in [0.15, 0.2) is 0 Å². The molecule has 5 nitrogen and oxygen atoms in total. The molecule has 1 aromatic carbocycles. The lowest BCUT2D eigenvalue weighted by Gasteiger charge is -2.25. The highest BCUT2D eigenvalue weighted by molar-refractivity contribution is 14.1. The summed E-state index contributed by atoms with van der Waals surface area (Å²) in [6.45, 7) is -0.633. The first-order valence-electron chi connectivity index (χ1n) is 6.29. The second-order valence-corrected chi connectivity index (χ2v) is 7.75. The van der Waals surface area contributed by atoms with Crippen LogP contribution in [0.3, 0.4) is 0 Å². The molecule has 8 heteroatoms. The van der Waals surface area contributed by atoms with E-state index in [-0.39, 0.29) is 38.3 Å². The molecular formula is C13H18I3NO4. The van der Waals surface area contributed by atoms with Crippen LogP contribution in [0.15, 0.2) is 0 Å². The summed E-state index contributed by atoms with van der Waals surface area (Å²) in [5.41, 5.74) is 2.60. The van der Waals surface area contributed by atoms with E-state index >= 15 is 0 Å². The van der Waals surface area contributed by atoms with Crippen molar-refractivity contribution < 1.29 is 20.4 Å². The average molecular weight is 633 g/mol. The number of nitrogens with one attached hydrogen (secondary N) is 1. The molecule has 0 unspecified atom stereocenters. The van der Waals surface area contributed by atoms with E-state index in [1.54, 1.807) is 7.05 Å². The molecule has 0 amide bonds. The Kier molecular flexibility index (Phi) is 8.97. The van der Waals surface area contributed by atoms with Crippen molar-refractivity contribution in [3.63, 3.8) is 0 Å². The lowest BCUT2D eigenvalue weighted by Crippen LogP contribution is -2.20. The first-order chi connectivity index (χ1) is 9.98. The topological polar surface area (TPSA) is 93.0 Å². The Morgan fingerprint density at radius 1 is 0.762 bits per heavy atom. The quantitative estimate of drug-likeness (QED) is 0.295. The van der Waals surface area contributed by atoms with Gasteiger partial charge in [0.2, 0.25) is 0 Å². The van der Waals surface area contributed by atoms with Gasteiger partial charge in [0, 0.05) is 29.6 Å². The van der Waals surface area contributed by atoms with Crippen molar-refractivity contribution in [2.75, 3.05) is 38.8 Å². The molecule has 0 aliphatic carbocycles. The lowest BCUT2D eigenvalue weighted by atomic mass is 9.92. The van der Waals surface area contributed by atoms with Crippen molar-refractivity contribution in [1.29, 1.82) is 0 Å². The first kappa shape index (κ1) is 20.1. The van der Waals surface area contributed by atoms with Crippen LogP contribution < -0.4 is 5.32 Å². The maximum atomic E-state index is 9.52. The molecule has 0 aromatic heterocycles. The predicted octanol–water partition coefficient (Wildman–Crippen LogP) is 1.68. The Morgan fingerprint density at radius 3 is 1.33 bits per heavy atom. The van der Waals surface area contributed by atoms with E-state index in [4.69, 9.17) is 0 Å². The van der Waals surface area contributed by atoms with Gasteiger partial charge in [0.1, 0.15) is 0 Å². The summed E-state index contributed by atoms with van der Waals surface area (Å²) < 4.78 is 2.76. The van der Waals surface area contributed by atoms with Gasteiger partial charge < -0.3 is 25.7 Å². The monoisotopic (exact) mass is 633 g/mol. The number of hydrogen-bond acceptors (Lipinski definition) is 5. The molecule has 0 bridgehead atoms. The molecule has 1 rings (SSSR count).